The summed E-state index contributed by atoms with van der Waals surface area (Å²) in [7, 11) is 0. The van der Waals surface area contributed by atoms with Crippen LogP contribution in [-0.4, -0.2) is 18.9 Å². The minimum absolute atomic E-state index is 0.295. The largest absolute Gasteiger partial charge is 0.445 e. The van der Waals surface area contributed by atoms with E-state index in [4.69, 9.17) is 4.74 Å². The van der Waals surface area contributed by atoms with E-state index in [-0.39, 0.29) is 6.09 Å². The fraction of sp³-hybridized carbons (Fsp3) is 0.211. The zero-order valence-corrected chi connectivity index (χ0v) is 14.0. The molecule has 0 aliphatic carbocycles. The van der Waals surface area contributed by atoms with Crippen LogP contribution in [0, 0.1) is 0 Å². The molecule has 0 saturated heterocycles. The smallest absolute Gasteiger partial charge is 0.407 e. The molecule has 0 unspecified atom stereocenters. The number of nitrogens with one attached hydrogen (secondary N) is 1. The van der Waals surface area contributed by atoms with Gasteiger partial charge in [-0.1, -0.05) is 60.7 Å². The van der Waals surface area contributed by atoms with Crippen molar-refractivity contribution in [1.29, 1.82) is 0 Å². The molecule has 1 amide bonds. The van der Waals surface area contributed by atoms with Crippen molar-refractivity contribution in [1.82, 2.24) is 5.32 Å². The summed E-state index contributed by atoms with van der Waals surface area (Å²) in [6, 6.07) is 17.9. The predicted octanol–water partition coefficient (Wildman–Crippen LogP) is 4.74. The van der Waals surface area contributed by atoms with Gasteiger partial charge in [-0.05, 0) is 29.9 Å². The Balaban J connectivity index is 1.66. The number of alkyl carbamates (subject to hydrolysis) is 1. The van der Waals surface area contributed by atoms with Gasteiger partial charge in [0.2, 0.25) is 0 Å². The third-order valence-corrected chi connectivity index (χ3v) is 4.04. The molecule has 3 nitrogen and oxygen atoms in total. The number of hydrogen-bond donors (Lipinski definition) is 1. The van der Waals surface area contributed by atoms with E-state index in [1.54, 1.807) is 11.8 Å². The molecule has 0 spiro atoms. The summed E-state index contributed by atoms with van der Waals surface area (Å²) in [5.74, 6) is 0. The number of thioether (sulfide) groups is 1. The molecule has 0 bridgehead atoms. The Labute approximate surface area is 141 Å². The van der Waals surface area contributed by atoms with Gasteiger partial charge < -0.3 is 10.1 Å². The fourth-order valence-corrected chi connectivity index (χ4v) is 2.63. The lowest BCUT2D eigenvalue weighted by Gasteiger charge is -2.06. The van der Waals surface area contributed by atoms with E-state index < -0.39 is 0 Å². The first-order chi connectivity index (χ1) is 11.3. The highest BCUT2D eigenvalue weighted by molar-refractivity contribution is 7.98. The molecule has 0 radical (unpaired) electrons. The SMILES string of the molecule is CSc1ccccc1C=CCCNC(=O)OCc1ccccc1. The number of hydrogen-bond acceptors (Lipinski definition) is 3. The molecule has 0 aliphatic heterocycles. The quantitative estimate of drug-likeness (QED) is 0.590. The van der Waals surface area contributed by atoms with E-state index in [9.17, 15) is 4.79 Å². The van der Waals surface area contributed by atoms with Gasteiger partial charge in [-0.2, -0.15) is 0 Å². The first-order valence-corrected chi connectivity index (χ1v) is 8.76. The Hall–Kier alpha value is -2.20. The molecule has 0 saturated carbocycles. The zero-order valence-electron chi connectivity index (χ0n) is 13.2. The average Bonchev–Trinajstić information content (AvgIpc) is 2.61. The summed E-state index contributed by atoms with van der Waals surface area (Å²) in [4.78, 5) is 12.8. The van der Waals surface area contributed by atoms with Crippen LogP contribution in [0.5, 0.6) is 0 Å². The summed E-state index contributed by atoms with van der Waals surface area (Å²) in [6.07, 6.45) is 6.60. The lowest BCUT2D eigenvalue weighted by molar-refractivity contribution is 0.140. The number of benzene rings is 2. The summed E-state index contributed by atoms with van der Waals surface area (Å²) >= 11 is 1.73. The molecule has 0 aromatic heterocycles. The molecule has 0 fully saturated rings. The van der Waals surface area contributed by atoms with Gasteiger partial charge in [0.1, 0.15) is 6.61 Å². The van der Waals surface area contributed by atoms with Crippen molar-refractivity contribution < 1.29 is 9.53 Å². The second kappa shape index (κ2) is 9.74. The second-order valence-electron chi connectivity index (χ2n) is 4.92. The summed E-state index contributed by atoms with van der Waals surface area (Å²) in [5, 5.41) is 2.75. The second-order valence-corrected chi connectivity index (χ2v) is 5.77. The predicted molar refractivity (Wildman–Crippen MR) is 96.5 cm³/mol. The van der Waals surface area contributed by atoms with Gasteiger partial charge in [0, 0.05) is 11.4 Å². The first-order valence-electron chi connectivity index (χ1n) is 7.53. The van der Waals surface area contributed by atoms with Crippen molar-refractivity contribution in [3.8, 4) is 0 Å². The standard InChI is InChI=1S/C19H21NO2S/c1-23-18-13-6-5-11-17(18)12-7-8-14-20-19(21)22-15-16-9-3-2-4-10-16/h2-7,9-13H,8,14-15H2,1H3,(H,20,21). The van der Waals surface area contributed by atoms with Crippen LogP contribution in [0.3, 0.4) is 0 Å². The van der Waals surface area contributed by atoms with E-state index in [0.29, 0.717) is 13.2 Å². The first kappa shape index (κ1) is 17.2. The Bertz CT molecular complexity index is 641. The van der Waals surface area contributed by atoms with Crippen LogP contribution in [0.1, 0.15) is 17.5 Å². The summed E-state index contributed by atoms with van der Waals surface area (Å²) < 4.78 is 5.15. The maximum Gasteiger partial charge on any atom is 0.407 e. The Kier molecular flexibility index (Phi) is 7.27. The van der Waals surface area contributed by atoms with Crippen LogP contribution in [0.25, 0.3) is 6.08 Å². The van der Waals surface area contributed by atoms with E-state index >= 15 is 0 Å². The Morgan fingerprint density at radius 2 is 1.87 bits per heavy atom. The molecule has 0 atom stereocenters. The van der Waals surface area contributed by atoms with Gasteiger partial charge in [-0.15, -0.1) is 11.8 Å². The maximum absolute atomic E-state index is 11.6. The van der Waals surface area contributed by atoms with Gasteiger partial charge in [0.25, 0.3) is 0 Å². The molecule has 1 N–H and O–H groups in total. The zero-order chi connectivity index (χ0) is 16.3. The van der Waals surface area contributed by atoms with Gasteiger partial charge >= 0.3 is 6.09 Å². The van der Waals surface area contributed by atoms with Crippen LogP contribution in [0.4, 0.5) is 4.79 Å². The van der Waals surface area contributed by atoms with Crippen LogP contribution >= 0.6 is 11.8 Å². The molecular formula is C19H21NO2S. The molecule has 2 aromatic rings. The molecule has 4 heteroatoms. The van der Waals surface area contributed by atoms with Crippen LogP contribution < -0.4 is 5.32 Å². The number of rotatable bonds is 7. The van der Waals surface area contributed by atoms with E-state index in [1.165, 1.54) is 10.5 Å². The van der Waals surface area contributed by atoms with E-state index in [2.05, 4.69) is 35.9 Å². The van der Waals surface area contributed by atoms with Gasteiger partial charge in [-0.3, -0.25) is 0 Å². The molecule has 0 heterocycles. The lowest BCUT2D eigenvalue weighted by Crippen LogP contribution is -2.24. The molecule has 23 heavy (non-hydrogen) atoms. The van der Waals surface area contributed by atoms with Crippen LogP contribution in [0.15, 0.2) is 65.6 Å². The lowest BCUT2D eigenvalue weighted by atomic mass is 10.2. The number of carbonyl (C=O) groups is 1. The van der Waals surface area contributed by atoms with Crippen LogP contribution in [0.2, 0.25) is 0 Å². The molecular weight excluding hydrogens is 306 g/mol. The monoisotopic (exact) mass is 327 g/mol. The summed E-state index contributed by atoms with van der Waals surface area (Å²) in [6.45, 7) is 0.856. The van der Waals surface area contributed by atoms with Crippen molar-refractivity contribution in [2.24, 2.45) is 0 Å². The fourth-order valence-electron chi connectivity index (χ4n) is 2.05. The highest BCUT2D eigenvalue weighted by Gasteiger charge is 2.01. The average molecular weight is 327 g/mol. The molecule has 0 aliphatic rings. The molecule has 2 aromatic carbocycles. The van der Waals surface area contributed by atoms with Crippen LogP contribution in [-0.2, 0) is 11.3 Å². The Morgan fingerprint density at radius 1 is 1.13 bits per heavy atom. The molecule has 2 rings (SSSR count). The van der Waals surface area contributed by atoms with Crippen molar-refractivity contribution in [2.75, 3.05) is 12.8 Å². The topological polar surface area (TPSA) is 38.3 Å². The minimum Gasteiger partial charge on any atom is -0.445 e. The third-order valence-electron chi connectivity index (χ3n) is 3.23. The normalized spacial score (nSPS) is 10.7. The minimum atomic E-state index is -0.383. The number of ether oxygens (including phenoxy) is 1. The van der Waals surface area contributed by atoms with Crippen molar-refractivity contribution in [2.45, 2.75) is 17.9 Å². The van der Waals surface area contributed by atoms with Gasteiger partial charge in [0.15, 0.2) is 0 Å². The molecule has 120 valence electrons. The van der Waals surface area contributed by atoms with Gasteiger partial charge in [0.05, 0.1) is 0 Å². The third kappa shape index (κ3) is 6.20. The highest BCUT2D eigenvalue weighted by atomic mass is 32.2. The van der Waals surface area contributed by atoms with E-state index in [0.717, 1.165) is 12.0 Å². The van der Waals surface area contributed by atoms with Crippen molar-refractivity contribution >= 4 is 23.9 Å². The number of amides is 1. The van der Waals surface area contributed by atoms with Crippen molar-refractivity contribution in [3.63, 3.8) is 0 Å². The Morgan fingerprint density at radius 3 is 2.65 bits per heavy atom. The summed E-state index contributed by atoms with van der Waals surface area (Å²) in [5.41, 5.74) is 2.18. The number of carbonyl (C=O) groups excluding carboxylic acids is 1. The van der Waals surface area contributed by atoms with Crippen molar-refractivity contribution in [3.05, 3.63) is 71.8 Å². The van der Waals surface area contributed by atoms with E-state index in [1.807, 2.05) is 42.5 Å². The highest BCUT2D eigenvalue weighted by Crippen LogP contribution is 2.20. The maximum atomic E-state index is 11.6. The van der Waals surface area contributed by atoms with Gasteiger partial charge in [-0.25, -0.2) is 4.79 Å².